The highest BCUT2D eigenvalue weighted by Gasteiger charge is 2.27. The number of benzene rings is 3. The molecular weight excluding hydrogens is 464 g/mol. The molecule has 1 N–H and O–H groups in total. The van der Waals surface area contributed by atoms with Crippen LogP contribution in [0, 0.1) is 6.92 Å². The predicted molar refractivity (Wildman–Crippen MR) is 151 cm³/mol. The third-order valence-corrected chi connectivity index (χ3v) is 7.41. The first kappa shape index (κ1) is 24.8. The number of fused-ring (bicyclic) bond motifs is 1. The lowest BCUT2D eigenvalue weighted by Crippen LogP contribution is -2.20. The van der Waals surface area contributed by atoms with Gasteiger partial charge in [0, 0.05) is 42.4 Å². The number of hydrogen-bond donors (Lipinski definition) is 2. The monoisotopic (exact) mass is 500 g/mol. The minimum absolute atomic E-state index is 0.394. The van der Waals surface area contributed by atoms with Gasteiger partial charge in [0.15, 0.2) is 0 Å². The van der Waals surface area contributed by atoms with Crippen molar-refractivity contribution >= 4 is 24.0 Å². The van der Waals surface area contributed by atoms with Crippen LogP contribution in [-0.2, 0) is 30.2 Å². The van der Waals surface area contributed by atoms with Crippen LogP contribution >= 0.6 is 12.6 Å². The molecule has 0 aromatic heterocycles. The number of ether oxygens (including phenoxy) is 2. The van der Waals surface area contributed by atoms with Crippen LogP contribution in [0.4, 0.5) is 5.69 Å². The number of hydrogen-bond acceptors (Lipinski definition) is 5. The van der Waals surface area contributed by atoms with Crippen molar-refractivity contribution < 1.29 is 9.47 Å². The molecular formula is C31H36N2O2S. The normalized spacial score (nSPS) is 17.4. The van der Waals surface area contributed by atoms with E-state index in [0.717, 1.165) is 44.9 Å². The predicted octanol–water partition coefficient (Wildman–Crippen LogP) is 6.97. The van der Waals surface area contributed by atoms with E-state index < -0.39 is 0 Å². The molecule has 0 radical (unpaired) electrons. The largest absolute Gasteiger partial charge is 0.488 e. The van der Waals surface area contributed by atoms with E-state index in [1.807, 2.05) is 6.07 Å². The molecule has 1 atom stereocenters. The van der Waals surface area contributed by atoms with Crippen molar-refractivity contribution in [1.82, 2.24) is 4.90 Å². The Hall–Kier alpha value is -2.89. The van der Waals surface area contributed by atoms with E-state index in [1.165, 1.54) is 44.8 Å². The van der Waals surface area contributed by atoms with Crippen molar-refractivity contribution in [3.63, 3.8) is 0 Å². The number of thiol groups is 1. The van der Waals surface area contributed by atoms with Crippen molar-refractivity contribution in [3.05, 3.63) is 100 Å². The summed E-state index contributed by atoms with van der Waals surface area (Å²) in [5, 5.41) is 3.74. The summed E-state index contributed by atoms with van der Waals surface area (Å²) in [6, 6.07) is 21.8. The molecule has 2 aliphatic rings. The van der Waals surface area contributed by atoms with E-state index in [0.29, 0.717) is 18.4 Å². The SMILES string of the molecule is CCC=C(c1c(C)cc(CS)cc1OCc1ccccc1)N1Cc2cccc(NC3CCOC3)c2C1. The molecule has 0 bridgehead atoms. The molecule has 3 aromatic rings. The van der Waals surface area contributed by atoms with Gasteiger partial charge in [-0.25, -0.2) is 0 Å². The van der Waals surface area contributed by atoms with Crippen molar-refractivity contribution in [1.29, 1.82) is 0 Å². The van der Waals surface area contributed by atoms with E-state index in [-0.39, 0.29) is 0 Å². The summed E-state index contributed by atoms with van der Waals surface area (Å²) in [6.45, 7) is 8.34. The second-order valence-electron chi connectivity index (χ2n) is 9.72. The zero-order chi connectivity index (χ0) is 24.9. The highest BCUT2D eigenvalue weighted by atomic mass is 32.1. The van der Waals surface area contributed by atoms with E-state index >= 15 is 0 Å². The maximum atomic E-state index is 6.50. The van der Waals surface area contributed by atoms with Gasteiger partial charge in [0.2, 0.25) is 0 Å². The van der Waals surface area contributed by atoms with Gasteiger partial charge in [-0.2, -0.15) is 12.6 Å². The van der Waals surface area contributed by atoms with Crippen LogP contribution in [0.25, 0.3) is 5.70 Å². The molecule has 1 fully saturated rings. The molecule has 2 heterocycles. The lowest BCUT2D eigenvalue weighted by Gasteiger charge is -2.26. The molecule has 3 aromatic carbocycles. The number of aryl methyl sites for hydroxylation is 1. The Morgan fingerprint density at radius 3 is 2.72 bits per heavy atom. The standard InChI is InChI=1S/C31H36N2O2S/c1-3-8-29(33-17-25-11-7-12-28(27(25)18-33)32-26-13-14-34-20-26)31-22(2)15-24(21-36)16-30(31)35-19-23-9-5-4-6-10-23/h4-12,15-16,26,32,36H,3,13-14,17-21H2,1-2H3. The molecule has 1 saturated heterocycles. The van der Waals surface area contributed by atoms with Gasteiger partial charge in [-0.05, 0) is 59.7 Å². The molecule has 0 spiro atoms. The summed E-state index contributed by atoms with van der Waals surface area (Å²) in [4.78, 5) is 2.50. The van der Waals surface area contributed by atoms with Crippen LogP contribution in [0.15, 0.2) is 66.7 Å². The van der Waals surface area contributed by atoms with Crippen molar-refractivity contribution in [2.75, 3.05) is 18.5 Å². The maximum Gasteiger partial charge on any atom is 0.129 e. The Bertz CT molecular complexity index is 1220. The van der Waals surface area contributed by atoms with E-state index in [2.05, 4.69) is 97.4 Å². The number of allylic oxidation sites excluding steroid dienone is 1. The van der Waals surface area contributed by atoms with Gasteiger partial charge in [-0.1, -0.05) is 61.5 Å². The quantitative estimate of drug-likeness (QED) is 0.311. The molecule has 4 nitrogen and oxygen atoms in total. The fourth-order valence-corrected chi connectivity index (χ4v) is 5.46. The minimum Gasteiger partial charge on any atom is -0.488 e. The van der Waals surface area contributed by atoms with Crippen LogP contribution in [0.3, 0.4) is 0 Å². The van der Waals surface area contributed by atoms with E-state index in [9.17, 15) is 0 Å². The Labute approximate surface area is 220 Å². The lowest BCUT2D eigenvalue weighted by atomic mass is 9.99. The summed E-state index contributed by atoms with van der Waals surface area (Å²) in [5.41, 5.74) is 10.0. The van der Waals surface area contributed by atoms with Crippen molar-refractivity contribution in [2.45, 2.75) is 58.2 Å². The molecule has 0 amide bonds. The first-order chi connectivity index (χ1) is 17.7. The smallest absolute Gasteiger partial charge is 0.129 e. The molecule has 188 valence electrons. The second kappa shape index (κ2) is 11.4. The van der Waals surface area contributed by atoms with E-state index in [4.69, 9.17) is 9.47 Å². The fraction of sp³-hybridized carbons (Fsp3) is 0.355. The maximum absolute atomic E-state index is 6.50. The molecule has 1 unspecified atom stereocenters. The van der Waals surface area contributed by atoms with Crippen LogP contribution < -0.4 is 10.1 Å². The summed E-state index contributed by atoms with van der Waals surface area (Å²) < 4.78 is 12.1. The second-order valence-corrected chi connectivity index (χ2v) is 10.0. The van der Waals surface area contributed by atoms with Gasteiger partial charge in [0.1, 0.15) is 12.4 Å². The number of anilines is 1. The average Bonchev–Trinajstić information content (AvgIpc) is 3.57. The summed E-state index contributed by atoms with van der Waals surface area (Å²) in [6.07, 6.45) is 4.37. The minimum atomic E-state index is 0.394. The van der Waals surface area contributed by atoms with Crippen LogP contribution in [0.1, 0.15) is 53.1 Å². The first-order valence-electron chi connectivity index (χ1n) is 13.0. The van der Waals surface area contributed by atoms with E-state index in [1.54, 1.807) is 0 Å². The average molecular weight is 501 g/mol. The van der Waals surface area contributed by atoms with Crippen molar-refractivity contribution in [3.8, 4) is 5.75 Å². The molecule has 5 heteroatoms. The molecule has 2 aliphatic heterocycles. The zero-order valence-electron chi connectivity index (χ0n) is 21.3. The molecule has 0 saturated carbocycles. The fourth-order valence-electron chi connectivity index (χ4n) is 5.27. The zero-order valence-corrected chi connectivity index (χ0v) is 22.2. The molecule has 5 rings (SSSR count). The highest BCUT2D eigenvalue weighted by Crippen LogP contribution is 2.40. The third kappa shape index (κ3) is 5.42. The van der Waals surface area contributed by atoms with Crippen molar-refractivity contribution in [2.24, 2.45) is 0 Å². The lowest BCUT2D eigenvalue weighted by molar-refractivity contribution is 0.195. The molecule has 0 aliphatic carbocycles. The van der Waals surface area contributed by atoms with Gasteiger partial charge < -0.3 is 19.7 Å². The summed E-state index contributed by atoms with van der Waals surface area (Å²) in [7, 11) is 0. The Morgan fingerprint density at radius 2 is 1.97 bits per heavy atom. The number of nitrogens with zero attached hydrogens (tertiary/aromatic N) is 1. The van der Waals surface area contributed by atoms with Crippen LogP contribution in [0.5, 0.6) is 5.75 Å². The third-order valence-electron chi connectivity index (χ3n) is 7.05. The Kier molecular flexibility index (Phi) is 7.88. The topological polar surface area (TPSA) is 33.7 Å². The Balaban J connectivity index is 1.46. The first-order valence-corrected chi connectivity index (χ1v) is 13.6. The van der Waals surface area contributed by atoms with Crippen LogP contribution in [0.2, 0.25) is 0 Å². The van der Waals surface area contributed by atoms with Gasteiger partial charge in [-0.15, -0.1) is 0 Å². The number of rotatable bonds is 9. The van der Waals surface area contributed by atoms with Gasteiger partial charge in [-0.3, -0.25) is 0 Å². The highest BCUT2D eigenvalue weighted by molar-refractivity contribution is 7.79. The van der Waals surface area contributed by atoms with Gasteiger partial charge >= 0.3 is 0 Å². The summed E-state index contributed by atoms with van der Waals surface area (Å²) >= 11 is 4.55. The Morgan fingerprint density at radius 1 is 1.11 bits per heavy atom. The van der Waals surface area contributed by atoms with Gasteiger partial charge in [0.25, 0.3) is 0 Å². The summed E-state index contributed by atoms with van der Waals surface area (Å²) in [5.74, 6) is 1.62. The van der Waals surface area contributed by atoms with Crippen LogP contribution in [-0.4, -0.2) is 24.2 Å². The number of nitrogens with one attached hydrogen (secondary N) is 1. The molecule has 36 heavy (non-hydrogen) atoms. The van der Waals surface area contributed by atoms with Gasteiger partial charge in [0.05, 0.1) is 12.6 Å².